The second-order valence-corrected chi connectivity index (χ2v) is 9.06. The summed E-state index contributed by atoms with van der Waals surface area (Å²) >= 11 is 1.83. The van der Waals surface area contributed by atoms with Crippen molar-refractivity contribution < 1.29 is 9.53 Å². The molecule has 0 aliphatic carbocycles. The number of carbonyl (C=O) groups is 1. The Morgan fingerprint density at radius 1 is 1.07 bits per heavy atom. The maximum atomic E-state index is 12.2. The van der Waals surface area contributed by atoms with Crippen LogP contribution in [-0.4, -0.2) is 37.0 Å². The van der Waals surface area contributed by atoms with E-state index in [4.69, 9.17) is 4.74 Å². The minimum absolute atomic E-state index is 0.137. The molecular formula is C25H30N2O2S. The van der Waals surface area contributed by atoms with E-state index in [0.717, 1.165) is 56.6 Å². The van der Waals surface area contributed by atoms with Gasteiger partial charge in [-0.25, -0.2) is 0 Å². The van der Waals surface area contributed by atoms with Gasteiger partial charge in [0.2, 0.25) is 5.91 Å². The third-order valence-corrected chi connectivity index (χ3v) is 6.67. The molecule has 3 aromatic rings. The molecule has 1 aliphatic heterocycles. The van der Waals surface area contributed by atoms with E-state index in [1.54, 1.807) is 0 Å². The van der Waals surface area contributed by atoms with Gasteiger partial charge in [-0.3, -0.25) is 9.69 Å². The lowest BCUT2D eigenvalue weighted by atomic mass is 9.96. The third kappa shape index (κ3) is 5.83. The molecule has 0 bridgehead atoms. The normalized spacial score (nSPS) is 15.3. The molecule has 0 unspecified atom stereocenters. The van der Waals surface area contributed by atoms with Crippen molar-refractivity contribution in [2.24, 2.45) is 5.92 Å². The summed E-state index contributed by atoms with van der Waals surface area (Å²) in [5, 5.41) is 7.57. The standard InChI is InChI=1S/C25H30N2O2S/c28-25(11-4-16-29-24-10-3-7-21-6-1-2-9-23(21)24)26-18-20-12-14-27(15-13-20)19-22-8-5-17-30-22/h1-3,5-10,17,20H,4,11-16,18-19H2,(H,26,28). The van der Waals surface area contributed by atoms with Crippen LogP contribution in [0.1, 0.15) is 30.6 Å². The molecule has 0 saturated carbocycles. The molecule has 0 atom stereocenters. The monoisotopic (exact) mass is 422 g/mol. The van der Waals surface area contributed by atoms with Crippen LogP contribution in [0, 0.1) is 5.92 Å². The van der Waals surface area contributed by atoms with Crippen LogP contribution in [0.25, 0.3) is 10.8 Å². The first-order valence-electron chi connectivity index (χ1n) is 10.9. The third-order valence-electron chi connectivity index (χ3n) is 5.81. The van der Waals surface area contributed by atoms with Crippen LogP contribution in [0.3, 0.4) is 0 Å². The zero-order valence-electron chi connectivity index (χ0n) is 17.4. The lowest BCUT2D eigenvalue weighted by molar-refractivity contribution is -0.121. The van der Waals surface area contributed by atoms with Crippen molar-refractivity contribution in [3.63, 3.8) is 0 Å². The zero-order chi connectivity index (χ0) is 20.6. The summed E-state index contributed by atoms with van der Waals surface area (Å²) in [6.07, 6.45) is 3.57. The minimum atomic E-state index is 0.137. The maximum Gasteiger partial charge on any atom is 0.220 e. The van der Waals surface area contributed by atoms with Crippen molar-refractivity contribution in [1.29, 1.82) is 0 Å². The molecule has 1 amide bonds. The topological polar surface area (TPSA) is 41.6 Å². The second kappa shape index (κ2) is 10.6. The number of carbonyl (C=O) groups excluding carboxylic acids is 1. The second-order valence-electron chi connectivity index (χ2n) is 8.03. The number of amides is 1. The van der Waals surface area contributed by atoms with Crippen LogP contribution in [0.15, 0.2) is 60.0 Å². The molecule has 0 spiro atoms. The molecule has 1 N–H and O–H groups in total. The van der Waals surface area contributed by atoms with Gasteiger partial charge < -0.3 is 10.1 Å². The summed E-state index contributed by atoms with van der Waals surface area (Å²) in [5.41, 5.74) is 0. The van der Waals surface area contributed by atoms with Gasteiger partial charge in [0.1, 0.15) is 5.75 Å². The highest BCUT2D eigenvalue weighted by Crippen LogP contribution is 2.25. The Kier molecular flexibility index (Phi) is 7.38. The minimum Gasteiger partial charge on any atom is -0.493 e. The predicted octanol–water partition coefficient (Wildman–Crippen LogP) is 5.09. The van der Waals surface area contributed by atoms with E-state index in [2.05, 4.69) is 45.9 Å². The highest BCUT2D eigenvalue weighted by molar-refractivity contribution is 7.09. The highest BCUT2D eigenvalue weighted by Gasteiger charge is 2.19. The average Bonchev–Trinajstić information content (AvgIpc) is 3.29. The van der Waals surface area contributed by atoms with E-state index in [0.29, 0.717) is 18.9 Å². The molecule has 1 fully saturated rings. The van der Waals surface area contributed by atoms with E-state index < -0.39 is 0 Å². The Hall–Kier alpha value is -2.37. The number of fused-ring (bicyclic) bond motifs is 1. The van der Waals surface area contributed by atoms with Crippen LogP contribution in [-0.2, 0) is 11.3 Å². The van der Waals surface area contributed by atoms with Gasteiger partial charge in [0.25, 0.3) is 0 Å². The van der Waals surface area contributed by atoms with Crippen LogP contribution < -0.4 is 10.1 Å². The van der Waals surface area contributed by atoms with Crippen LogP contribution in [0.2, 0.25) is 0 Å². The lowest BCUT2D eigenvalue weighted by Gasteiger charge is -2.31. The molecule has 158 valence electrons. The van der Waals surface area contributed by atoms with Gasteiger partial charge >= 0.3 is 0 Å². The van der Waals surface area contributed by atoms with E-state index in [9.17, 15) is 4.79 Å². The SMILES string of the molecule is O=C(CCCOc1cccc2ccccc12)NCC1CCN(Cc2cccs2)CC1. The van der Waals surface area contributed by atoms with Crippen molar-refractivity contribution in [2.75, 3.05) is 26.2 Å². The largest absolute Gasteiger partial charge is 0.493 e. The summed E-state index contributed by atoms with van der Waals surface area (Å²) in [4.78, 5) is 16.2. The van der Waals surface area contributed by atoms with Crippen molar-refractivity contribution >= 4 is 28.0 Å². The van der Waals surface area contributed by atoms with E-state index in [-0.39, 0.29) is 5.91 Å². The fourth-order valence-electron chi connectivity index (χ4n) is 4.05. The molecule has 2 heterocycles. The molecule has 1 aromatic heterocycles. The van der Waals surface area contributed by atoms with Gasteiger partial charge in [0.05, 0.1) is 6.61 Å². The number of likely N-dealkylation sites (tertiary alicyclic amines) is 1. The summed E-state index contributed by atoms with van der Waals surface area (Å²) in [6, 6.07) is 18.6. The molecule has 1 aliphatic rings. The molecule has 1 saturated heterocycles. The molecule has 4 rings (SSSR count). The number of ether oxygens (including phenoxy) is 1. The lowest BCUT2D eigenvalue weighted by Crippen LogP contribution is -2.38. The Bertz CT molecular complexity index is 928. The fourth-order valence-corrected chi connectivity index (χ4v) is 4.80. The van der Waals surface area contributed by atoms with Gasteiger partial charge in [-0.1, -0.05) is 42.5 Å². The first-order chi connectivity index (χ1) is 14.8. The first kappa shape index (κ1) is 20.9. The van der Waals surface area contributed by atoms with E-state index in [1.807, 2.05) is 35.6 Å². The number of thiophene rings is 1. The Morgan fingerprint density at radius 3 is 2.73 bits per heavy atom. The van der Waals surface area contributed by atoms with Gasteiger partial charge in [-0.2, -0.15) is 0 Å². The number of benzene rings is 2. The Labute approximate surface area is 182 Å². The van der Waals surface area contributed by atoms with Crippen molar-refractivity contribution in [3.8, 4) is 5.75 Å². The zero-order valence-corrected chi connectivity index (χ0v) is 18.2. The summed E-state index contributed by atoms with van der Waals surface area (Å²) < 4.78 is 5.93. The maximum absolute atomic E-state index is 12.2. The van der Waals surface area contributed by atoms with Crippen molar-refractivity contribution in [1.82, 2.24) is 10.2 Å². The molecule has 30 heavy (non-hydrogen) atoms. The van der Waals surface area contributed by atoms with Crippen molar-refractivity contribution in [2.45, 2.75) is 32.2 Å². The quantitative estimate of drug-likeness (QED) is 0.489. The van der Waals surface area contributed by atoms with E-state index in [1.165, 1.54) is 10.3 Å². The van der Waals surface area contributed by atoms with Gasteiger partial charge in [0.15, 0.2) is 0 Å². The number of hydrogen-bond donors (Lipinski definition) is 1. The summed E-state index contributed by atoms with van der Waals surface area (Å²) in [7, 11) is 0. The smallest absolute Gasteiger partial charge is 0.220 e. The molecule has 5 heteroatoms. The molecule has 0 radical (unpaired) electrons. The van der Waals surface area contributed by atoms with Gasteiger partial charge in [0, 0.05) is 29.8 Å². The first-order valence-corrected chi connectivity index (χ1v) is 11.8. The van der Waals surface area contributed by atoms with Crippen LogP contribution in [0.5, 0.6) is 5.75 Å². The van der Waals surface area contributed by atoms with Crippen molar-refractivity contribution in [3.05, 3.63) is 64.9 Å². The number of rotatable bonds is 9. The number of nitrogens with one attached hydrogen (secondary N) is 1. The Balaban J connectivity index is 1.11. The van der Waals surface area contributed by atoms with Gasteiger partial charge in [-0.15, -0.1) is 11.3 Å². The molecule has 2 aromatic carbocycles. The van der Waals surface area contributed by atoms with Crippen LogP contribution in [0.4, 0.5) is 0 Å². The average molecular weight is 423 g/mol. The fraction of sp³-hybridized carbons (Fsp3) is 0.400. The number of piperidine rings is 1. The molecule has 4 nitrogen and oxygen atoms in total. The summed E-state index contributed by atoms with van der Waals surface area (Å²) in [5.74, 6) is 1.63. The van der Waals surface area contributed by atoms with E-state index >= 15 is 0 Å². The predicted molar refractivity (Wildman–Crippen MR) is 124 cm³/mol. The number of hydrogen-bond acceptors (Lipinski definition) is 4. The highest BCUT2D eigenvalue weighted by atomic mass is 32.1. The van der Waals surface area contributed by atoms with Gasteiger partial charge in [-0.05, 0) is 61.2 Å². The Morgan fingerprint density at radius 2 is 1.90 bits per heavy atom. The molecular weight excluding hydrogens is 392 g/mol. The number of nitrogens with zero attached hydrogens (tertiary/aromatic N) is 1. The van der Waals surface area contributed by atoms with Crippen LogP contribution >= 0.6 is 11.3 Å². The summed E-state index contributed by atoms with van der Waals surface area (Å²) in [6.45, 7) is 4.67.